The van der Waals surface area contributed by atoms with Gasteiger partial charge in [0.1, 0.15) is 4.90 Å². The first-order valence-electron chi connectivity index (χ1n) is 7.44. The molecule has 1 aromatic heterocycles. The maximum absolute atomic E-state index is 12.8. The van der Waals surface area contributed by atoms with E-state index in [2.05, 4.69) is 15.3 Å². The van der Waals surface area contributed by atoms with Gasteiger partial charge in [-0.1, -0.05) is 11.6 Å². The third-order valence-corrected chi connectivity index (χ3v) is 5.95. The minimum atomic E-state index is -3.81. The first-order valence-corrected chi connectivity index (χ1v) is 9.26. The van der Waals surface area contributed by atoms with Crippen molar-refractivity contribution in [1.82, 2.24) is 14.3 Å². The van der Waals surface area contributed by atoms with E-state index in [0.717, 1.165) is 0 Å². The predicted molar refractivity (Wildman–Crippen MR) is 91.0 cm³/mol. The Morgan fingerprint density at radius 3 is 2.56 bits per heavy atom. The van der Waals surface area contributed by atoms with Gasteiger partial charge >= 0.3 is 0 Å². The number of carbonyl (C=O) groups is 1. The van der Waals surface area contributed by atoms with E-state index in [9.17, 15) is 13.2 Å². The van der Waals surface area contributed by atoms with Crippen molar-refractivity contribution < 1.29 is 17.9 Å². The summed E-state index contributed by atoms with van der Waals surface area (Å²) in [4.78, 5) is 20.0. The summed E-state index contributed by atoms with van der Waals surface area (Å²) in [5.74, 6) is -0.402. The Bertz CT molecular complexity index is 870. The second-order valence-corrected chi connectivity index (χ2v) is 7.50. The molecule has 1 N–H and O–H groups in total. The molecule has 2 aromatic rings. The summed E-state index contributed by atoms with van der Waals surface area (Å²) in [5, 5.41) is 2.56. The number of hydrogen-bond donors (Lipinski definition) is 1. The highest BCUT2D eigenvalue weighted by Gasteiger charge is 2.29. The molecule has 0 atom stereocenters. The number of sulfonamides is 1. The van der Waals surface area contributed by atoms with Gasteiger partial charge in [-0.2, -0.15) is 4.31 Å². The van der Waals surface area contributed by atoms with Gasteiger partial charge in [-0.15, -0.1) is 0 Å². The first-order chi connectivity index (χ1) is 12.0. The number of nitrogens with zero attached hydrogens (tertiary/aromatic N) is 3. The number of rotatable bonds is 4. The van der Waals surface area contributed by atoms with E-state index in [1.165, 1.54) is 34.9 Å². The maximum Gasteiger partial charge on any atom is 0.258 e. The standard InChI is InChI=1S/C15H15ClN4O4S/c16-12-3-2-11(14(21)19-15-17-4-1-5-18-15)10-13(12)25(22,23)20-6-8-24-9-7-20/h1-5,10H,6-9H2,(H,17,18,19,21). The van der Waals surface area contributed by atoms with Crippen LogP contribution in [0.4, 0.5) is 5.95 Å². The zero-order valence-corrected chi connectivity index (χ0v) is 14.6. The van der Waals surface area contributed by atoms with E-state index in [-0.39, 0.29) is 34.5 Å². The van der Waals surface area contributed by atoms with E-state index in [1.54, 1.807) is 6.07 Å². The lowest BCUT2D eigenvalue weighted by atomic mass is 10.2. The van der Waals surface area contributed by atoms with Crippen molar-refractivity contribution >= 4 is 33.5 Å². The molecule has 1 amide bonds. The summed E-state index contributed by atoms with van der Waals surface area (Å²) in [6, 6.07) is 5.70. The smallest absolute Gasteiger partial charge is 0.258 e. The molecule has 0 radical (unpaired) electrons. The third kappa shape index (κ3) is 3.96. The molecule has 1 fully saturated rings. The summed E-state index contributed by atoms with van der Waals surface area (Å²) in [6.07, 6.45) is 2.97. The largest absolute Gasteiger partial charge is 0.379 e. The molecular formula is C15H15ClN4O4S. The number of halogens is 1. The normalized spacial score (nSPS) is 15.7. The van der Waals surface area contributed by atoms with Crippen LogP contribution >= 0.6 is 11.6 Å². The molecule has 25 heavy (non-hydrogen) atoms. The van der Waals surface area contributed by atoms with Crippen LogP contribution in [0.15, 0.2) is 41.6 Å². The van der Waals surface area contributed by atoms with Crippen LogP contribution in [0.5, 0.6) is 0 Å². The summed E-state index contributed by atoms with van der Waals surface area (Å²) >= 11 is 6.07. The van der Waals surface area contributed by atoms with Crippen LogP contribution in [-0.2, 0) is 14.8 Å². The number of anilines is 1. The molecule has 0 unspecified atom stereocenters. The zero-order chi connectivity index (χ0) is 17.9. The fourth-order valence-electron chi connectivity index (χ4n) is 2.31. The number of ether oxygens (including phenoxy) is 1. The number of nitrogens with one attached hydrogen (secondary N) is 1. The van der Waals surface area contributed by atoms with E-state index < -0.39 is 15.9 Å². The highest BCUT2D eigenvalue weighted by molar-refractivity contribution is 7.89. The number of morpholine rings is 1. The van der Waals surface area contributed by atoms with Crippen LogP contribution in [0.1, 0.15) is 10.4 Å². The Kier molecular flexibility index (Phi) is 5.28. The van der Waals surface area contributed by atoms with Crippen molar-refractivity contribution in [3.63, 3.8) is 0 Å². The second kappa shape index (κ2) is 7.44. The maximum atomic E-state index is 12.8. The lowest BCUT2D eigenvalue weighted by Crippen LogP contribution is -2.40. The number of amides is 1. The van der Waals surface area contributed by atoms with E-state index >= 15 is 0 Å². The molecule has 0 saturated carbocycles. The van der Waals surface area contributed by atoms with Gasteiger partial charge in [-0.25, -0.2) is 18.4 Å². The van der Waals surface area contributed by atoms with Crippen LogP contribution in [0.3, 0.4) is 0 Å². The molecule has 0 bridgehead atoms. The zero-order valence-electron chi connectivity index (χ0n) is 13.1. The molecule has 2 heterocycles. The van der Waals surface area contributed by atoms with Crippen LogP contribution in [0, 0.1) is 0 Å². The Morgan fingerprint density at radius 1 is 1.20 bits per heavy atom. The topological polar surface area (TPSA) is 101 Å². The SMILES string of the molecule is O=C(Nc1ncccn1)c1ccc(Cl)c(S(=O)(=O)N2CCOCC2)c1. The van der Waals surface area contributed by atoms with Crippen molar-refractivity contribution in [3.8, 4) is 0 Å². The summed E-state index contributed by atoms with van der Waals surface area (Å²) in [7, 11) is -3.81. The molecule has 1 aliphatic rings. The molecular weight excluding hydrogens is 368 g/mol. The molecule has 1 saturated heterocycles. The van der Waals surface area contributed by atoms with Gasteiger partial charge in [0, 0.05) is 31.0 Å². The molecule has 132 valence electrons. The van der Waals surface area contributed by atoms with Crippen LogP contribution in [0.2, 0.25) is 5.02 Å². The Hall–Kier alpha value is -2.07. The van der Waals surface area contributed by atoms with Crippen molar-refractivity contribution in [3.05, 3.63) is 47.2 Å². The predicted octanol–water partition coefficient (Wildman–Crippen LogP) is 1.40. The molecule has 8 nitrogen and oxygen atoms in total. The average Bonchev–Trinajstić information content (AvgIpc) is 2.63. The highest BCUT2D eigenvalue weighted by atomic mass is 35.5. The summed E-state index contributed by atoms with van der Waals surface area (Å²) < 4.78 is 32.0. The lowest BCUT2D eigenvalue weighted by molar-refractivity contribution is 0.0730. The quantitative estimate of drug-likeness (QED) is 0.857. The highest BCUT2D eigenvalue weighted by Crippen LogP contribution is 2.26. The fraction of sp³-hybridized carbons (Fsp3) is 0.267. The molecule has 0 spiro atoms. The first kappa shape index (κ1) is 17.7. The molecule has 3 rings (SSSR count). The van der Waals surface area contributed by atoms with Gasteiger partial charge in [-0.3, -0.25) is 10.1 Å². The summed E-state index contributed by atoms with van der Waals surface area (Å²) in [6.45, 7) is 1.13. The van der Waals surface area contributed by atoms with Gasteiger partial charge < -0.3 is 4.74 Å². The van der Waals surface area contributed by atoms with Crippen molar-refractivity contribution in [1.29, 1.82) is 0 Å². The van der Waals surface area contributed by atoms with E-state index in [1.807, 2.05) is 0 Å². The third-order valence-electron chi connectivity index (χ3n) is 3.57. The van der Waals surface area contributed by atoms with Gasteiger partial charge in [0.05, 0.1) is 18.2 Å². The fourth-order valence-corrected chi connectivity index (χ4v) is 4.21. The lowest BCUT2D eigenvalue weighted by Gasteiger charge is -2.26. The van der Waals surface area contributed by atoms with Gasteiger partial charge in [0.25, 0.3) is 5.91 Å². The van der Waals surface area contributed by atoms with Crippen LogP contribution in [0.25, 0.3) is 0 Å². The molecule has 0 aliphatic carbocycles. The molecule has 10 heteroatoms. The monoisotopic (exact) mass is 382 g/mol. The van der Waals surface area contributed by atoms with Crippen LogP contribution in [-0.4, -0.2) is 54.9 Å². The summed E-state index contributed by atoms with van der Waals surface area (Å²) in [5.41, 5.74) is 0.142. The minimum Gasteiger partial charge on any atom is -0.379 e. The average molecular weight is 383 g/mol. The number of hydrogen-bond acceptors (Lipinski definition) is 6. The van der Waals surface area contributed by atoms with E-state index in [0.29, 0.717) is 13.2 Å². The minimum absolute atomic E-state index is 0.0546. The van der Waals surface area contributed by atoms with Gasteiger partial charge in [-0.05, 0) is 24.3 Å². The number of aromatic nitrogens is 2. The second-order valence-electron chi connectivity index (χ2n) is 5.19. The number of carbonyl (C=O) groups excluding carboxylic acids is 1. The van der Waals surface area contributed by atoms with Gasteiger partial charge in [0.15, 0.2) is 0 Å². The van der Waals surface area contributed by atoms with Gasteiger partial charge in [0.2, 0.25) is 16.0 Å². The van der Waals surface area contributed by atoms with E-state index in [4.69, 9.17) is 16.3 Å². The Labute approximate surface area is 149 Å². The van der Waals surface area contributed by atoms with Crippen molar-refractivity contribution in [2.45, 2.75) is 4.90 Å². The Morgan fingerprint density at radius 2 is 1.88 bits per heavy atom. The van der Waals surface area contributed by atoms with Crippen LogP contribution < -0.4 is 5.32 Å². The Balaban J connectivity index is 1.88. The van der Waals surface area contributed by atoms with Crippen molar-refractivity contribution in [2.75, 3.05) is 31.6 Å². The molecule has 1 aliphatic heterocycles. The molecule has 1 aromatic carbocycles. The van der Waals surface area contributed by atoms with Crippen molar-refractivity contribution in [2.24, 2.45) is 0 Å². The number of benzene rings is 1.